The molecule has 2 aromatic carbocycles. The van der Waals surface area contributed by atoms with Gasteiger partial charge in [0.2, 0.25) is 5.91 Å². The van der Waals surface area contributed by atoms with Crippen molar-refractivity contribution < 1.29 is 9.53 Å². The van der Waals surface area contributed by atoms with E-state index in [-0.39, 0.29) is 23.9 Å². The van der Waals surface area contributed by atoms with E-state index in [0.717, 1.165) is 39.8 Å². The first kappa shape index (κ1) is 25.5. The number of carbonyl (C=O) groups is 1. The van der Waals surface area contributed by atoms with E-state index in [1.165, 1.54) is 0 Å². The highest BCUT2D eigenvalue weighted by molar-refractivity contribution is 7.80. The van der Waals surface area contributed by atoms with E-state index in [1.54, 1.807) is 13.3 Å². The van der Waals surface area contributed by atoms with Gasteiger partial charge in [0.1, 0.15) is 11.8 Å². The van der Waals surface area contributed by atoms with E-state index >= 15 is 0 Å². The number of benzene rings is 2. The maximum absolute atomic E-state index is 12.3. The second kappa shape index (κ2) is 10.7. The van der Waals surface area contributed by atoms with Crippen LogP contribution < -0.4 is 20.3 Å². The van der Waals surface area contributed by atoms with Crippen molar-refractivity contribution in [3.63, 3.8) is 0 Å². The smallest absolute Gasteiger partial charge is 0.226 e. The molecule has 1 amide bonds. The number of methoxy groups -OCH3 is 1. The molecule has 1 aliphatic heterocycles. The lowest BCUT2D eigenvalue weighted by molar-refractivity contribution is -0.118. The normalized spacial score (nSPS) is 17.0. The summed E-state index contributed by atoms with van der Waals surface area (Å²) in [6.07, 6.45) is 3.85. The van der Waals surface area contributed by atoms with E-state index in [0.29, 0.717) is 5.11 Å². The van der Waals surface area contributed by atoms with Gasteiger partial charge >= 0.3 is 0 Å². The van der Waals surface area contributed by atoms with E-state index in [9.17, 15) is 4.79 Å². The number of anilines is 2. The number of amides is 1. The largest absolute Gasteiger partial charge is 0.497 e. The van der Waals surface area contributed by atoms with Crippen molar-refractivity contribution in [2.45, 2.75) is 32.9 Å². The fraction of sp³-hybridized carbons (Fsp3) is 0.233. The Labute approximate surface area is 228 Å². The molecule has 38 heavy (non-hydrogen) atoms. The Hall–Kier alpha value is -4.17. The van der Waals surface area contributed by atoms with Crippen molar-refractivity contribution in [3.05, 3.63) is 102 Å². The van der Waals surface area contributed by atoms with Gasteiger partial charge in [-0.1, -0.05) is 26.0 Å². The second-order valence-electron chi connectivity index (χ2n) is 9.64. The Bertz CT molecular complexity index is 1470. The predicted molar refractivity (Wildman–Crippen MR) is 155 cm³/mol. The van der Waals surface area contributed by atoms with Crippen molar-refractivity contribution >= 4 is 34.6 Å². The molecule has 1 aliphatic rings. The maximum atomic E-state index is 12.3. The average Bonchev–Trinajstić information content (AvgIpc) is 3.54. The molecule has 3 heterocycles. The number of ether oxygens (including phenoxy) is 1. The molecule has 0 spiro atoms. The third kappa shape index (κ3) is 4.87. The summed E-state index contributed by atoms with van der Waals surface area (Å²) >= 11 is 5.92. The lowest BCUT2D eigenvalue weighted by Gasteiger charge is -2.29. The van der Waals surface area contributed by atoms with E-state index in [4.69, 9.17) is 17.0 Å². The van der Waals surface area contributed by atoms with Crippen molar-refractivity contribution in [1.82, 2.24) is 14.9 Å². The summed E-state index contributed by atoms with van der Waals surface area (Å²) < 4.78 is 7.65. The Morgan fingerprint density at radius 1 is 1.05 bits per heavy atom. The Kier molecular flexibility index (Phi) is 7.15. The van der Waals surface area contributed by atoms with Gasteiger partial charge in [-0.15, -0.1) is 0 Å². The minimum Gasteiger partial charge on any atom is -0.497 e. The molecule has 5 rings (SSSR count). The van der Waals surface area contributed by atoms with Crippen molar-refractivity contribution in [2.24, 2.45) is 5.92 Å². The molecule has 194 valence electrons. The molecule has 4 aromatic rings. The molecule has 0 saturated carbocycles. The summed E-state index contributed by atoms with van der Waals surface area (Å²) in [5, 5.41) is 7.16. The molecule has 1 saturated heterocycles. The van der Waals surface area contributed by atoms with Gasteiger partial charge in [0.05, 0.1) is 18.8 Å². The van der Waals surface area contributed by atoms with Gasteiger partial charge in [0.15, 0.2) is 5.11 Å². The third-order valence-corrected chi connectivity index (χ3v) is 7.10. The van der Waals surface area contributed by atoms with Gasteiger partial charge in [-0.05, 0) is 79.3 Å². The highest BCUT2D eigenvalue weighted by atomic mass is 32.1. The minimum atomic E-state index is -0.186. The zero-order valence-corrected chi connectivity index (χ0v) is 22.7. The third-order valence-electron chi connectivity index (χ3n) is 6.78. The van der Waals surface area contributed by atoms with E-state index in [2.05, 4.69) is 49.5 Å². The number of rotatable bonds is 7. The number of nitrogens with one attached hydrogen (secondary N) is 2. The SMILES string of the molecule is COc1cccc(-n2cccc2C2C(c3ccccn3)NC(=S)N2c2ccc(NC(=O)C(C)C)c(C)c2)c1. The fourth-order valence-electron chi connectivity index (χ4n) is 4.78. The molecule has 8 heteroatoms. The molecule has 7 nitrogen and oxygen atoms in total. The summed E-state index contributed by atoms with van der Waals surface area (Å²) in [5.74, 6) is 0.677. The summed E-state index contributed by atoms with van der Waals surface area (Å²) in [4.78, 5) is 19.1. The Morgan fingerprint density at radius 2 is 1.89 bits per heavy atom. The first-order valence-electron chi connectivity index (χ1n) is 12.6. The number of aromatic nitrogens is 2. The first-order valence-corrected chi connectivity index (χ1v) is 13.0. The van der Waals surface area contributed by atoms with Crippen molar-refractivity contribution in [2.75, 3.05) is 17.3 Å². The van der Waals surface area contributed by atoms with Crippen LogP contribution in [0.25, 0.3) is 5.69 Å². The molecule has 0 bridgehead atoms. The van der Waals surface area contributed by atoms with Crippen LogP contribution in [0.5, 0.6) is 5.75 Å². The van der Waals surface area contributed by atoms with Gasteiger partial charge in [-0.3, -0.25) is 9.78 Å². The number of nitrogens with zero attached hydrogens (tertiary/aromatic N) is 3. The van der Waals surface area contributed by atoms with Gasteiger partial charge in [0, 0.05) is 47.1 Å². The molecule has 0 radical (unpaired) electrons. The zero-order valence-electron chi connectivity index (χ0n) is 21.9. The molecule has 2 aromatic heterocycles. The van der Waals surface area contributed by atoms with Crippen LogP contribution >= 0.6 is 12.2 Å². The van der Waals surface area contributed by atoms with Gasteiger partial charge in [-0.2, -0.15) is 0 Å². The van der Waals surface area contributed by atoms with Crippen LogP contribution in [0.1, 0.15) is 42.9 Å². The average molecular weight is 526 g/mol. The summed E-state index contributed by atoms with van der Waals surface area (Å²) in [7, 11) is 1.67. The number of hydrogen-bond acceptors (Lipinski definition) is 4. The van der Waals surface area contributed by atoms with Crippen molar-refractivity contribution in [3.8, 4) is 11.4 Å². The van der Waals surface area contributed by atoms with Gasteiger partial charge < -0.3 is 24.8 Å². The molecule has 2 N–H and O–H groups in total. The predicted octanol–water partition coefficient (Wildman–Crippen LogP) is 5.96. The number of hydrogen-bond donors (Lipinski definition) is 2. The number of carbonyl (C=O) groups excluding carboxylic acids is 1. The van der Waals surface area contributed by atoms with Gasteiger partial charge in [0.25, 0.3) is 0 Å². The minimum absolute atomic E-state index is 0.0107. The number of aryl methyl sites for hydroxylation is 1. The highest BCUT2D eigenvalue weighted by Gasteiger charge is 2.42. The zero-order chi connectivity index (χ0) is 26.8. The lowest BCUT2D eigenvalue weighted by Crippen LogP contribution is -2.30. The first-order chi connectivity index (χ1) is 18.4. The molecular weight excluding hydrogens is 494 g/mol. The summed E-state index contributed by atoms with van der Waals surface area (Å²) in [6.45, 7) is 5.76. The van der Waals surface area contributed by atoms with Gasteiger partial charge in [-0.25, -0.2) is 0 Å². The number of pyridine rings is 1. The lowest BCUT2D eigenvalue weighted by atomic mass is 10.00. The van der Waals surface area contributed by atoms with Crippen LogP contribution in [0.15, 0.2) is 85.2 Å². The van der Waals surface area contributed by atoms with E-state index < -0.39 is 0 Å². The van der Waals surface area contributed by atoms with Crippen LogP contribution in [0.4, 0.5) is 11.4 Å². The molecule has 1 fully saturated rings. The summed E-state index contributed by atoms with van der Waals surface area (Å²) in [6, 6.07) is 23.7. The standard InChI is InChI=1S/C30H31N5O2S/c1-19(2)29(36)32-24-14-13-22(17-20(24)3)35-28(27(33-30(35)38)25-11-5-6-15-31-25)26-12-8-16-34(26)21-9-7-10-23(18-21)37-4/h5-19,27-28H,1-4H3,(H,32,36)(H,33,38). The number of thiocarbonyl (C=S) groups is 1. The fourth-order valence-corrected chi connectivity index (χ4v) is 5.12. The molecular formula is C30H31N5O2S. The Morgan fingerprint density at radius 3 is 2.61 bits per heavy atom. The highest BCUT2D eigenvalue weighted by Crippen LogP contribution is 2.43. The van der Waals surface area contributed by atoms with Crippen LogP contribution in [-0.4, -0.2) is 27.7 Å². The Balaban J connectivity index is 1.60. The quantitative estimate of drug-likeness (QED) is 0.290. The van der Waals surface area contributed by atoms with Crippen LogP contribution in [0, 0.1) is 12.8 Å². The van der Waals surface area contributed by atoms with E-state index in [1.807, 2.05) is 75.4 Å². The molecule has 2 unspecified atom stereocenters. The molecule has 0 aliphatic carbocycles. The summed E-state index contributed by atoms with van der Waals surface area (Å²) in [5.41, 5.74) is 5.63. The van der Waals surface area contributed by atoms with Crippen LogP contribution in [0.2, 0.25) is 0 Å². The van der Waals surface area contributed by atoms with Crippen LogP contribution in [-0.2, 0) is 4.79 Å². The second-order valence-corrected chi connectivity index (χ2v) is 10.0. The van der Waals surface area contributed by atoms with Crippen LogP contribution in [0.3, 0.4) is 0 Å². The van der Waals surface area contributed by atoms with Crippen molar-refractivity contribution in [1.29, 1.82) is 0 Å². The topological polar surface area (TPSA) is 71.4 Å². The maximum Gasteiger partial charge on any atom is 0.226 e. The molecule has 2 atom stereocenters. The monoisotopic (exact) mass is 525 g/mol.